The average Bonchev–Trinajstić information content (AvgIpc) is 2.80. The third-order valence-electron chi connectivity index (χ3n) is 4.08. The van der Waals surface area contributed by atoms with Gasteiger partial charge < -0.3 is 10.2 Å². The first-order chi connectivity index (χ1) is 11.0. The molecule has 0 bridgehead atoms. The van der Waals surface area contributed by atoms with Gasteiger partial charge in [-0.1, -0.05) is 25.0 Å². The van der Waals surface area contributed by atoms with Crippen LogP contribution < -0.4 is 10.5 Å². The van der Waals surface area contributed by atoms with Crippen molar-refractivity contribution in [1.82, 2.24) is 10.2 Å². The zero-order chi connectivity index (χ0) is 16.7. The number of nitrogens with two attached hydrogens (primary N) is 1. The molecule has 1 aromatic carbocycles. The maximum absolute atomic E-state index is 12.1. The van der Waals surface area contributed by atoms with Gasteiger partial charge in [-0.05, 0) is 43.5 Å². The minimum absolute atomic E-state index is 0.116. The second-order valence-corrected chi connectivity index (χ2v) is 7.47. The van der Waals surface area contributed by atoms with Crippen LogP contribution in [0.25, 0.3) is 0 Å². The number of hydrogen-bond donors (Lipinski definition) is 2. The van der Waals surface area contributed by atoms with Crippen LogP contribution in [0.3, 0.4) is 0 Å². The summed E-state index contributed by atoms with van der Waals surface area (Å²) in [4.78, 5) is 14.2. The molecule has 23 heavy (non-hydrogen) atoms. The van der Waals surface area contributed by atoms with Gasteiger partial charge in [0.25, 0.3) is 0 Å². The second-order valence-electron chi connectivity index (χ2n) is 5.91. The molecule has 1 aliphatic rings. The highest BCUT2D eigenvalue weighted by Gasteiger charge is 2.14. The number of sulfonamides is 1. The molecule has 6 nitrogen and oxygen atoms in total. The molecule has 0 unspecified atom stereocenters. The Kier molecular flexibility index (Phi) is 6.56. The summed E-state index contributed by atoms with van der Waals surface area (Å²) in [5, 5.41) is 8.22. The Balaban J connectivity index is 1.71. The fourth-order valence-electron chi connectivity index (χ4n) is 2.71. The van der Waals surface area contributed by atoms with Crippen LogP contribution in [-0.2, 0) is 21.2 Å². The molecule has 3 N–H and O–H groups in total. The van der Waals surface area contributed by atoms with E-state index in [-0.39, 0.29) is 10.8 Å². The van der Waals surface area contributed by atoms with Gasteiger partial charge in [0.2, 0.25) is 15.9 Å². The van der Waals surface area contributed by atoms with E-state index in [1.54, 1.807) is 12.1 Å². The minimum atomic E-state index is -3.64. The van der Waals surface area contributed by atoms with E-state index in [0.717, 1.165) is 37.9 Å². The predicted octanol–water partition coefficient (Wildman–Crippen LogP) is 0.869. The summed E-state index contributed by atoms with van der Waals surface area (Å²) in [7, 11) is -3.64. The van der Waals surface area contributed by atoms with E-state index < -0.39 is 10.0 Å². The molecular weight excluding hydrogens is 314 g/mol. The molecule has 0 atom stereocenters. The Labute approximate surface area is 138 Å². The lowest BCUT2D eigenvalue weighted by molar-refractivity contribution is -0.130. The van der Waals surface area contributed by atoms with E-state index in [4.69, 9.17) is 5.14 Å². The van der Waals surface area contributed by atoms with Gasteiger partial charge in [0.05, 0.1) is 11.4 Å². The minimum Gasteiger partial charge on any atom is -0.342 e. The Bertz CT molecular complexity index is 606. The van der Waals surface area contributed by atoms with Crippen molar-refractivity contribution >= 4 is 15.9 Å². The van der Waals surface area contributed by atoms with Gasteiger partial charge in [-0.15, -0.1) is 0 Å². The standard InChI is InChI=1S/C16H25N3O3S/c17-23(21,22)15-7-5-14(6-8-15)9-10-18-13-16(20)19-11-3-1-2-4-12-19/h5-8,18H,1-4,9-13H2,(H2,17,21,22). The number of carbonyl (C=O) groups is 1. The number of carbonyl (C=O) groups excluding carboxylic acids is 1. The summed E-state index contributed by atoms with van der Waals surface area (Å²) in [5.41, 5.74) is 1.01. The largest absolute Gasteiger partial charge is 0.342 e. The van der Waals surface area contributed by atoms with E-state index in [0.29, 0.717) is 13.1 Å². The number of nitrogens with zero attached hydrogens (tertiary/aromatic N) is 1. The molecule has 1 aromatic rings. The van der Waals surface area contributed by atoms with E-state index in [2.05, 4.69) is 5.32 Å². The zero-order valence-corrected chi connectivity index (χ0v) is 14.1. The van der Waals surface area contributed by atoms with Gasteiger partial charge in [0.1, 0.15) is 0 Å². The normalized spacial score (nSPS) is 16.1. The van der Waals surface area contributed by atoms with Crippen molar-refractivity contribution < 1.29 is 13.2 Å². The SMILES string of the molecule is NS(=O)(=O)c1ccc(CCNCC(=O)N2CCCCCC2)cc1. The van der Waals surface area contributed by atoms with Gasteiger partial charge in [0, 0.05) is 13.1 Å². The van der Waals surface area contributed by atoms with Crippen molar-refractivity contribution in [2.75, 3.05) is 26.2 Å². The maximum atomic E-state index is 12.1. The van der Waals surface area contributed by atoms with Crippen LogP contribution in [0.2, 0.25) is 0 Å². The van der Waals surface area contributed by atoms with Crippen molar-refractivity contribution in [3.63, 3.8) is 0 Å². The Morgan fingerprint density at radius 1 is 1.09 bits per heavy atom. The van der Waals surface area contributed by atoms with Crippen LogP contribution in [-0.4, -0.2) is 45.4 Å². The first kappa shape index (κ1) is 17.9. The van der Waals surface area contributed by atoms with Crippen molar-refractivity contribution in [3.05, 3.63) is 29.8 Å². The molecule has 0 aromatic heterocycles. The zero-order valence-electron chi connectivity index (χ0n) is 13.3. The molecule has 0 aliphatic carbocycles. The number of primary sulfonamides is 1. The Hall–Kier alpha value is -1.44. The fraction of sp³-hybridized carbons (Fsp3) is 0.562. The molecule has 1 saturated heterocycles. The number of likely N-dealkylation sites (tertiary alicyclic amines) is 1. The Morgan fingerprint density at radius 2 is 1.70 bits per heavy atom. The number of nitrogens with one attached hydrogen (secondary N) is 1. The highest BCUT2D eigenvalue weighted by atomic mass is 32.2. The molecule has 1 aliphatic heterocycles. The van der Waals surface area contributed by atoms with Crippen LogP contribution in [0, 0.1) is 0 Å². The molecule has 128 valence electrons. The molecule has 1 heterocycles. The molecule has 1 fully saturated rings. The summed E-state index contributed by atoms with van der Waals surface area (Å²) >= 11 is 0. The molecule has 0 radical (unpaired) electrons. The van der Waals surface area contributed by atoms with Crippen LogP contribution in [0.4, 0.5) is 0 Å². The summed E-state index contributed by atoms with van der Waals surface area (Å²) in [6.45, 7) is 2.77. The third-order valence-corrected chi connectivity index (χ3v) is 5.01. The monoisotopic (exact) mass is 339 g/mol. The lowest BCUT2D eigenvalue weighted by Crippen LogP contribution is -2.39. The smallest absolute Gasteiger partial charge is 0.238 e. The average molecular weight is 339 g/mol. The number of hydrogen-bond acceptors (Lipinski definition) is 4. The maximum Gasteiger partial charge on any atom is 0.238 e. The van der Waals surface area contributed by atoms with Gasteiger partial charge in [-0.3, -0.25) is 4.79 Å². The van der Waals surface area contributed by atoms with E-state index in [9.17, 15) is 13.2 Å². The fourth-order valence-corrected chi connectivity index (χ4v) is 3.22. The first-order valence-electron chi connectivity index (χ1n) is 8.07. The van der Waals surface area contributed by atoms with Crippen molar-refractivity contribution in [3.8, 4) is 0 Å². The van der Waals surface area contributed by atoms with E-state index in [1.165, 1.54) is 25.0 Å². The first-order valence-corrected chi connectivity index (χ1v) is 9.62. The van der Waals surface area contributed by atoms with Gasteiger partial charge in [-0.25, -0.2) is 13.6 Å². The van der Waals surface area contributed by atoms with Gasteiger partial charge in [-0.2, -0.15) is 0 Å². The van der Waals surface area contributed by atoms with Crippen LogP contribution in [0.15, 0.2) is 29.2 Å². The number of benzene rings is 1. The topological polar surface area (TPSA) is 92.5 Å². The van der Waals surface area contributed by atoms with Crippen LogP contribution in [0.5, 0.6) is 0 Å². The molecule has 0 spiro atoms. The molecule has 0 saturated carbocycles. The van der Waals surface area contributed by atoms with Crippen LogP contribution >= 0.6 is 0 Å². The quantitative estimate of drug-likeness (QED) is 0.752. The molecule has 1 amide bonds. The third kappa shape index (κ3) is 5.93. The predicted molar refractivity (Wildman–Crippen MR) is 89.4 cm³/mol. The van der Waals surface area contributed by atoms with Crippen molar-refractivity contribution in [2.45, 2.75) is 37.0 Å². The van der Waals surface area contributed by atoms with Crippen molar-refractivity contribution in [2.24, 2.45) is 5.14 Å². The van der Waals surface area contributed by atoms with Gasteiger partial charge >= 0.3 is 0 Å². The molecule has 2 rings (SSSR count). The summed E-state index contributed by atoms with van der Waals surface area (Å²) in [5.74, 6) is 0.163. The van der Waals surface area contributed by atoms with Crippen LogP contribution in [0.1, 0.15) is 31.2 Å². The lowest BCUT2D eigenvalue weighted by atomic mass is 10.1. The highest BCUT2D eigenvalue weighted by Crippen LogP contribution is 2.10. The highest BCUT2D eigenvalue weighted by molar-refractivity contribution is 7.89. The van der Waals surface area contributed by atoms with Gasteiger partial charge in [0.15, 0.2) is 0 Å². The second kappa shape index (κ2) is 8.42. The Morgan fingerprint density at radius 3 is 2.26 bits per heavy atom. The van der Waals surface area contributed by atoms with Crippen molar-refractivity contribution in [1.29, 1.82) is 0 Å². The summed E-state index contributed by atoms with van der Waals surface area (Å²) in [6.07, 6.45) is 5.36. The number of amides is 1. The summed E-state index contributed by atoms with van der Waals surface area (Å²) < 4.78 is 22.4. The van der Waals surface area contributed by atoms with E-state index >= 15 is 0 Å². The lowest BCUT2D eigenvalue weighted by Gasteiger charge is -2.20. The summed E-state index contributed by atoms with van der Waals surface area (Å²) in [6, 6.07) is 6.51. The van der Waals surface area contributed by atoms with E-state index in [1.807, 2.05) is 4.90 Å². The molecule has 7 heteroatoms. The number of rotatable bonds is 6. The molecular formula is C16H25N3O3S.